The number of carbonyl (C=O) groups excluding carboxylic acids is 1. The van der Waals surface area contributed by atoms with Gasteiger partial charge < -0.3 is 14.2 Å². The topological polar surface area (TPSA) is 120 Å². The van der Waals surface area contributed by atoms with Crippen molar-refractivity contribution in [1.29, 1.82) is 0 Å². The van der Waals surface area contributed by atoms with Crippen molar-refractivity contribution < 1.29 is 31.8 Å². The van der Waals surface area contributed by atoms with Gasteiger partial charge >= 0.3 is 6.09 Å². The first-order valence-electron chi connectivity index (χ1n) is 11.1. The van der Waals surface area contributed by atoms with E-state index in [0.29, 0.717) is 18.2 Å². The van der Waals surface area contributed by atoms with Crippen molar-refractivity contribution in [3.63, 3.8) is 0 Å². The minimum absolute atomic E-state index is 0.0223. The number of halogens is 1. The van der Waals surface area contributed by atoms with Gasteiger partial charge in [0, 0.05) is 18.6 Å². The first-order valence-corrected chi connectivity index (χ1v) is 13.0. The lowest BCUT2D eigenvalue weighted by atomic mass is 9.86. The molecule has 10 nitrogen and oxygen atoms in total. The summed E-state index contributed by atoms with van der Waals surface area (Å²) < 4.78 is 56.2. The first kappa shape index (κ1) is 24.2. The van der Waals surface area contributed by atoms with Gasteiger partial charge in [-0.15, -0.1) is 0 Å². The number of rotatable bonds is 8. The van der Waals surface area contributed by atoms with Crippen LogP contribution in [-0.2, 0) is 29.6 Å². The monoisotopic (exact) mass is 486 g/mol. The Morgan fingerprint density at radius 1 is 1.27 bits per heavy atom. The second-order valence-corrected chi connectivity index (χ2v) is 11.1. The van der Waals surface area contributed by atoms with Gasteiger partial charge in [-0.25, -0.2) is 32.3 Å². The second-order valence-electron chi connectivity index (χ2n) is 9.30. The van der Waals surface area contributed by atoms with Crippen LogP contribution in [0.4, 0.5) is 9.18 Å². The van der Waals surface area contributed by atoms with E-state index < -0.39 is 34.0 Å². The number of aromatic nitrogens is 2. The van der Waals surface area contributed by atoms with Crippen molar-refractivity contribution in [3.05, 3.63) is 24.0 Å². The fourth-order valence-electron chi connectivity index (χ4n) is 5.55. The molecule has 6 atom stereocenters. The molecule has 1 amide bonds. The highest BCUT2D eigenvalue weighted by molar-refractivity contribution is 7.88. The van der Waals surface area contributed by atoms with Crippen LogP contribution >= 0.6 is 0 Å². The molecule has 3 aliphatic rings. The van der Waals surface area contributed by atoms with Crippen LogP contribution in [0.25, 0.3) is 0 Å². The third-order valence-electron chi connectivity index (χ3n) is 7.11. The molecule has 0 radical (unpaired) electrons. The van der Waals surface area contributed by atoms with E-state index in [9.17, 15) is 17.6 Å². The molecule has 1 aromatic heterocycles. The normalized spacial score (nSPS) is 33.6. The summed E-state index contributed by atoms with van der Waals surface area (Å²) in [5, 5.41) is 0. The molecule has 1 saturated heterocycles. The van der Waals surface area contributed by atoms with Crippen molar-refractivity contribution in [2.24, 2.45) is 5.92 Å². The van der Waals surface area contributed by atoms with E-state index in [1.54, 1.807) is 0 Å². The number of methoxy groups -OCH3 is 2. The van der Waals surface area contributed by atoms with E-state index in [0.717, 1.165) is 31.9 Å². The molecule has 0 aromatic carbocycles. The Labute approximate surface area is 193 Å². The fraction of sp³-hybridized carbons (Fsp3) is 0.762. The summed E-state index contributed by atoms with van der Waals surface area (Å²) in [6.07, 6.45) is 6.76. The molecule has 0 unspecified atom stereocenters. The Bertz CT molecular complexity index is 964. The number of ether oxygens (including phenoxy) is 3. The summed E-state index contributed by atoms with van der Waals surface area (Å²) in [5.41, 5.74) is -0.0943. The van der Waals surface area contributed by atoms with E-state index in [1.807, 2.05) is 0 Å². The predicted octanol–water partition coefficient (Wildman–Crippen LogP) is 1.22. The van der Waals surface area contributed by atoms with Gasteiger partial charge in [0.1, 0.15) is 5.82 Å². The number of nitrogens with one attached hydrogen (secondary N) is 1. The highest BCUT2D eigenvalue weighted by Crippen LogP contribution is 2.61. The van der Waals surface area contributed by atoms with E-state index in [-0.39, 0.29) is 30.8 Å². The number of nitrogens with zero attached hydrogens (tertiary/aromatic N) is 3. The SMILES string of the molecule is COC[C@@H]1C[C@H](NS(C)(=O)=O)[C@H](CO[C@H]2CC[C@@]3(c4ncc(F)cn4)C[C@H]3C2)N1C(=O)OC. The average Bonchev–Trinajstić information content (AvgIpc) is 3.41. The standard InChI is InChI=1S/C21H31FN4O6S/c1-30-11-15-7-17(25-33(3,28)29)18(26(15)20(27)31-2)12-32-16-4-5-21(8-13(21)6-16)19-23-9-14(22)10-24-19/h9-10,13,15-18,25H,4-8,11-12H2,1-3H3/t13-,15+,16+,17+,18+,21-/m1/s1. The number of amides is 1. The number of carbonyl (C=O) groups is 1. The number of sulfonamides is 1. The maximum atomic E-state index is 13.2. The lowest BCUT2D eigenvalue weighted by molar-refractivity contribution is -0.0147. The molecule has 3 fully saturated rings. The van der Waals surface area contributed by atoms with Gasteiger partial charge in [0.25, 0.3) is 0 Å². The first-order chi connectivity index (χ1) is 15.7. The van der Waals surface area contributed by atoms with Crippen LogP contribution in [0, 0.1) is 11.7 Å². The lowest BCUT2D eigenvalue weighted by Crippen LogP contribution is -2.51. The molecular formula is C21H31FN4O6S. The molecule has 0 spiro atoms. The van der Waals surface area contributed by atoms with Crippen LogP contribution in [-0.4, -0.2) is 87.3 Å². The Kier molecular flexibility index (Phi) is 6.90. The van der Waals surface area contributed by atoms with Gasteiger partial charge in [0.2, 0.25) is 10.0 Å². The van der Waals surface area contributed by atoms with Gasteiger partial charge in [0.15, 0.2) is 5.82 Å². The van der Waals surface area contributed by atoms with E-state index >= 15 is 0 Å². The zero-order valence-corrected chi connectivity index (χ0v) is 19.9. The molecular weight excluding hydrogens is 455 g/mol. The zero-order chi connectivity index (χ0) is 23.8. The van der Waals surface area contributed by atoms with Crippen molar-refractivity contribution in [1.82, 2.24) is 19.6 Å². The lowest BCUT2D eigenvalue weighted by Gasteiger charge is -2.33. The van der Waals surface area contributed by atoms with E-state index in [1.165, 1.54) is 31.5 Å². The highest BCUT2D eigenvalue weighted by atomic mass is 32.2. The molecule has 2 heterocycles. The fourth-order valence-corrected chi connectivity index (χ4v) is 6.35. The molecule has 184 valence electrons. The quantitative estimate of drug-likeness (QED) is 0.582. The number of fused-ring (bicyclic) bond motifs is 1. The van der Waals surface area contributed by atoms with Crippen molar-refractivity contribution in [3.8, 4) is 0 Å². The molecule has 1 aliphatic heterocycles. The highest BCUT2D eigenvalue weighted by Gasteiger charge is 2.60. The molecule has 4 rings (SSSR count). The Morgan fingerprint density at radius 3 is 2.61 bits per heavy atom. The summed E-state index contributed by atoms with van der Waals surface area (Å²) >= 11 is 0. The van der Waals surface area contributed by atoms with E-state index in [4.69, 9.17) is 14.2 Å². The van der Waals surface area contributed by atoms with Gasteiger partial charge in [-0.1, -0.05) is 0 Å². The van der Waals surface area contributed by atoms with Crippen molar-refractivity contribution in [2.45, 2.75) is 61.7 Å². The molecule has 33 heavy (non-hydrogen) atoms. The minimum atomic E-state index is -3.49. The van der Waals surface area contributed by atoms with E-state index in [2.05, 4.69) is 14.7 Å². The summed E-state index contributed by atoms with van der Waals surface area (Å²) in [7, 11) is -0.654. The van der Waals surface area contributed by atoms with Crippen LogP contribution < -0.4 is 4.72 Å². The third-order valence-corrected chi connectivity index (χ3v) is 7.84. The van der Waals surface area contributed by atoms with Crippen molar-refractivity contribution in [2.75, 3.05) is 33.7 Å². The molecule has 2 saturated carbocycles. The minimum Gasteiger partial charge on any atom is -0.453 e. The zero-order valence-electron chi connectivity index (χ0n) is 19.1. The maximum absolute atomic E-state index is 13.2. The van der Waals surface area contributed by atoms with Gasteiger partial charge in [-0.3, -0.25) is 4.90 Å². The maximum Gasteiger partial charge on any atom is 0.410 e. The average molecular weight is 487 g/mol. The van der Waals surface area contributed by atoms with Gasteiger partial charge in [-0.2, -0.15) is 0 Å². The smallest absolute Gasteiger partial charge is 0.410 e. The number of hydrogen-bond acceptors (Lipinski definition) is 8. The Morgan fingerprint density at radius 2 is 2.00 bits per heavy atom. The second kappa shape index (κ2) is 9.40. The summed E-state index contributed by atoms with van der Waals surface area (Å²) in [6, 6.07) is -1.34. The molecule has 0 bridgehead atoms. The molecule has 1 N–H and O–H groups in total. The van der Waals surface area contributed by atoms with Crippen LogP contribution in [0.15, 0.2) is 12.4 Å². The molecule has 1 aromatic rings. The van der Waals surface area contributed by atoms with Crippen LogP contribution in [0.1, 0.15) is 37.9 Å². The Balaban J connectivity index is 1.41. The van der Waals surface area contributed by atoms with Gasteiger partial charge in [0.05, 0.1) is 57.2 Å². The summed E-state index contributed by atoms with van der Waals surface area (Å²) in [6.45, 7) is 0.444. The number of likely N-dealkylation sites (tertiary alicyclic amines) is 1. The molecule has 2 aliphatic carbocycles. The van der Waals surface area contributed by atoms with Crippen LogP contribution in [0.5, 0.6) is 0 Å². The summed E-state index contributed by atoms with van der Waals surface area (Å²) in [4.78, 5) is 22.5. The third kappa shape index (κ3) is 5.13. The predicted molar refractivity (Wildman–Crippen MR) is 115 cm³/mol. The van der Waals surface area contributed by atoms with Crippen LogP contribution in [0.2, 0.25) is 0 Å². The molecule has 12 heteroatoms. The number of hydrogen-bond donors (Lipinski definition) is 1. The van der Waals surface area contributed by atoms with Crippen LogP contribution in [0.3, 0.4) is 0 Å². The van der Waals surface area contributed by atoms with Gasteiger partial charge in [-0.05, 0) is 38.0 Å². The Hall–Kier alpha value is -1.89. The summed E-state index contributed by atoms with van der Waals surface area (Å²) in [5.74, 6) is 0.619. The largest absolute Gasteiger partial charge is 0.453 e. The van der Waals surface area contributed by atoms with Crippen molar-refractivity contribution >= 4 is 16.1 Å².